The third-order valence-electron chi connectivity index (χ3n) is 11.9. The average Bonchev–Trinajstić information content (AvgIpc) is 3.86. The van der Waals surface area contributed by atoms with Gasteiger partial charge in [-0.15, -0.1) is 0 Å². The molecular formula is C56H36N2O. The molecule has 0 saturated heterocycles. The van der Waals surface area contributed by atoms with Gasteiger partial charge in [-0.3, -0.25) is 0 Å². The van der Waals surface area contributed by atoms with Gasteiger partial charge in [0.25, 0.3) is 0 Å². The number of nitrogens with zero attached hydrogens (tertiary/aromatic N) is 2. The standard InChI is InChI=1S/C56H36N2O/c1-2-14-40-35-46(32-28-37(40)12-1)57(44-17-10-16-42(36-44)47-22-11-25-54-55(47)51-33-29-39-13-3-4-19-48(39)56(51)59-54)43-30-26-38(27-31-43)41-15-9-18-45(34-41)58-52-23-7-5-20-49(52)50-21-6-8-24-53(50)58/h1-36H. The maximum atomic E-state index is 6.59. The monoisotopic (exact) mass is 752 g/mol. The Kier molecular flexibility index (Phi) is 7.54. The molecule has 0 saturated carbocycles. The van der Waals surface area contributed by atoms with Crippen LogP contribution in [-0.2, 0) is 0 Å². The van der Waals surface area contributed by atoms with E-state index in [9.17, 15) is 0 Å². The second-order valence-electron chi connectivity index (χ2n) is 15.3. The van der Waals surface area contributed by atoms with Crippen LogP contribution in [-0.4, -0.2) is 4.57 Å². The Labute approximate surface area is 341 Å². The Morgan fingerprint density at radius 3 is 1.80 bits per heavy atom. The van der Waals surface area contributed by atoms with Crippen molar-refractivity contribution >= 4 is 82.4 Å². The van der Waals surface area contributed by atoms with Gasteiger partial charge < -0.3 is 13.9 Å². The third kappa shape index (κ3) is 5.44. The number of anilines is 3. The lowest BCUT2D eigenvalue weighted by molar-refractivity contribution is 0.673. The first-order chi connectivity index (χ1) is 29.2. The van der Waals surface area contributed by atoms with E-state index in [0.29, 0.717) is 0 Å². The molecule has 0 atom stereocenters. The van der Waals surface area contributed by atoms with Gasteiger partial charge in [-0.2, -0.15) is 0 Å². The Hall–Kier alpha value is -7.88. The van der Waals surface area contributed by atoms with Crippen LogP contribution in [0.4, 0.5) is 17.1 Å². The first-order valence-electron chi connectivity index (χ1n) is 20.2. The van der Waals surface area contributed by atoms with Crippen molar-refractivity contribution in [1.82, 2.24) is 4.57 Å². The molecule has 0 amide bonds. The molecule has 3 heteroatoms. The molecule has 0 aliphatic heterocycles. The SMILES string of the molecule is c1cc(-c2cccc3oc4c5ccccc5ccc4c23)cc(N(c2ccc(-c3cccc(-n4c5ccccc5c5ccccc54)c3)cc2)c2ccc3ccccc3c2)c1. The highest BCUT2D eigenvalue weighted by atomic mass is 16.3. The number of hydrogen-bond donors (Lipinski definition) is 0. The summed E-state index contributed by atoms with van der Waals surface area (Å²) in [6, 6.07) is 78.7. The van der Waals surface area contributed by atoms with Crippen molar-refractivity contribution in [2.45, 2.75) is 0 Å². The summed E-state index contributed by atoms with van der Waals surface area (Å²) in [7, 11) is 0. The van der Waals surface area contributed by atoms with Gasteiger partial charge in [0.1, 0.15) is 11.2 Å². The number of benzene rings is 10. The van der Waals surface area contributed by atoms with Crippen molar-refractivity contribution in [2.75, 3.05) is 4.90 Å². The molecule has 59 heavy (non-hydrogen) atoms. The molecule has 0 aliphatic rings. The molecule has 2 aromatic heterocycles. The molecular weight excluding hydrogens is 717 g/mol. The predicted octanol–water partition coefficient (Wildman–Crippen LogP) is 15.8. The largest absolute Gasteiger partial charge is 0.455 e. The molecule has 0 aliphatic carbocycles. The van der Waals surface area contributed by atoms with Gasteiger partial charge in [0, 0.05) is 49.7 Å². The van der Waals surface area contributed by atoms with Gasteiger partial charge in [-0.25, -0.2) is 0 Å². The van der Waals surface area contributed by atoms with Crippen LogP contribution >= 0.6 is 0 Å². The lowest BCUT2D eigenvalue weighted by Crippen LogP contribution is -2.10. The minimum absolute atomic E-state index is 0.892. The summed E-state index contributed by atoms with van der Waals surface area (Å²) in [5.74, 6) is 0. The highest BCUT2D eigenvalue weighted by molar-refractivity contribution is 6.19. The number of fused-ring (bicyclic) bond motifs is 9. The fraction of sp³-hybridized carbons (Fsp3) is 0. The Balaban J connectivity index is 0.974. The van der Waals surface area contributed by atoms with Crippen LogP contribution in [0.3, 0.4) is 0 Å². The summed E-state index contributed by atoms with van der Waals surface area (Å²) in [6.07, 6.45) is 0. The highest BCUT2D eigenvalue weighted by Crippen LogP contribution is 2.43. The van der Waals surface area contributed by atoms with Crippen LogP contribution < -0.4 is 4.90 Å². The Morgan fingerprint density at radius 2 is 0.983 bits per heavy atom. The topological polar surface area (TPSA) is 21.3 Å². The summed E-state index contributed by atoms with van der Waals surface area (Å²) in [4.78, 5) is 2.37. The van der Waals surface area contributed by atoms with Gasteiger partial charge in [0.2, 0.25) is 0 Å². The van der Waals surface area contributed by atoms with E-state index in [-0.39, 0.29) is 0 Å². The van der Waals surface area contributed by atoms with Crippen LogP contribution in [0.2, 0.25) is 0 Å². The number of aromatic nitrogens is 1. The molecule has 2 heterocycles. The molecule has 0 spiro atoms. The summed E-state index contributed by atoms with van der Waals surface area (Å²) < 4.78 is 8.97. The molecule has 0 bridgehead atoms. The van der Waals surface area contributed by atoms with Crippen molar-refractivity contribution < 1.29 is 4.42 Å². The van der Waals surface area contributed by atoms with E-state index in [1.54, 1.807) is 0 Å². The fourth-order valence-corrected chi connectivity index (χ4v) is 9.20. The van der Waals surface area contributed by atoms with E-state index in [0.717, 1.165) is 66.8 Å². The zero-order chi connectivity index (χ0) is 38.9. The lowest BCUT2D eigenvalue weighted by atomic mass is 9.97. The van der Waals surface area contributed by atoms with Gasteiger partial charge in [0.05, 0.1) is 11.0 Å². The molecule has 10 aromatic carbocycles. The van der Waals surface area contributed by atoms with Crippen LogP contribution in [0.5, 0.6) is 0 Å². The quantitative estimate of drug-likeness (QED) is 0.169. The van der Waals surface area contributed by atoms with Crippen LogP contribution in [0.1, 0.15) is 0 Å². The minimum Gasteiger partial charge on any atom is -0.455 e. The normalized spacial score (nSPS) is 11.7. The van der Waals surface area contributed by atoms with Crippen LogP contribution in [0, 0.1) is 0 Å². The zero-order valence-corrected chi connectivity index (χ0v) is 32.1. The maximum absolute atomic E-state index is 6.59. The number of rotatable bonds is 6. The summed E-state index contributed by atoms with van der Waals surface area (Å²) in [6.45, 7) is 0. The second-order valence-corrected chi connectivity index (χ2v) is 15.3. The molecule has 0 unspecified atom stereocenters. The van der Waals surface area contributed by atoms with E-state index in [4.69, 9.17) is 4.42 Å². The highest BCUT2D eigenvalue weighted by Gasteiger charge is 2.19. The summed E-state index contributed by atoms with van der Waals surface area (Å²) in [5.41, 5.74) is 13.3. The molecule has 0 radical (unpaired) electrons. The van der Waals surface area contributed by atoms with E-state index >= 15 is 0 Å². The van der Waals surface area contributed by atoms with Gasteiger partial charge in [-0.1, -0.05) is 146 Å². The maximum Gasteiger partial charge on any atom is 0.143 e. The fourth-order valence-electron chi connectivity index (χ4n) is 9.20. The van der Waals surface area contributed by atoms with Gasteiger partial charge in [0.15, 0.2) is 0 Å². The van der Waals surface area contributed by atoms with Crippen LogP contribution in [0.15, 0.2) is 223 Å². The Bertz CT molecular complexity index is 3520. The second kappa shape index (κ2) is 13.4. The van der Waals surface area contributed by atoms with Crippen molar-refractivity contribution in [3.05, 3.63) is 218 Å². The van der Waals surface area contributed by atoms with E-state index in [1.165, 1.54) is 43.5 Å². The van der Waals surface area contributed by atoms with Crippen molar-refractivity contribution in [1.29, 1.82) is 0 Å². The number of furan rings is 1. The van der Waals surface area contributed by atoms with Crippen molar-refractivity contribution in [2.24, 2.45) is 0 Å². The predicted molar refractivity (Wildman–Crippen MR) is 249 cm³/mol. The molecule has 12 aromatic rings. The first kappa shape index (κ1) is 33.3. The lowest BCUT2D eigenvalue weighted by Gasteiger charge is -2.26. The molecule has 0 fully saturated rings. The summed E-state index contributed by atoms with van der Waals surface area (Å²) in [5, 5.41) is 9.51. The van der Waals surface area contributed by atoms with E-state index < -0.39 is 0 Å². The molecule has 12 rings (SSSR count). The molecule has 0 N–H and O–H groups in total. The van der Waals surface area contributed by atoms with E-state index in [1.807, 2.05) is 0 Å². The number of hydrogen-bond acceptors (Lipinski definition) is 2. The van der Waals surface area contributed by atoms with Gasteiger partial charge in [-0.05, 0) is 111 Å². The van der Waals surface area contributed by atoms with Crippen molar-refractivity contribution in [3.8, 4) is 27.9 Å². The third-order valence-corrected chi connectivity index (χ3v) is 11.9. The molecule has 276 valence electrons. The van der Waals surface area contributed by atoms with E-state index in [2.05, 4.69) is 228 Å². The Morgan fingerprint density at radius 1 is 0.356 bits per heavy atom. The minimum atomic E-state index is 0.892. The number of para-hydroxylation sites is 2. The zero-order valence-electron chi connectivity index (χ0n) is 32.1. The van der Waals surface area contributed by atoms with Crippen molar-refractivity contribution in [3.63, 3.8) is 0 Å². The summed E-state index contributed by atoms with van der Waals surface area (Å²) >= 11 is 0. The molecule has 3 nitrogen and oxygen atoms in total. The first-order valence-corrected chi connectivity index (χ1v) is 20.2. The van der Waals surface area contributed by atoms with Gasteiger partial charge >= 0.3 is 0 Å². The smallest absolute Gasteiger partial charge is 0.143 e. The average molecular weight is 753 g/mol. The van der Waals surface area contributed by atoms with Crippen LogP contribution in [0.25, 0.3) is 93.2 Å².